The van der Waals surface area contributed by atoms with Crippen LogP contribution in [0.25, 0.3) is 0 Å². The number of hydrogen-bond acceptors (Lipinski definition) is 6. The van der Waals surface area contributed by atoms with Gasteiger partial charge in [0.1, 0.15) is 17.3 Å². The molecule has 1 amide bonds. The summed E-state index contributed by atoms with van der Waals surface area (Å²) in [5.74, 6) is 2.08. The molecule has 0 aliphatic carbocycles. The van der Waals surface area contributed by atoms with Gasteiger partial charge >= 0.3 is 0 Å². The lowest BCUT2D eigenvalue weighted by atomic mass is 10.2. The predicted octanol–water partition coefficient (Wildman–Crippen LogP) is 1.62. The molecule has 1 aromatic heterocycles. The standard InChI is InChI=1S/C19H23N3O4/c1-24-16-4-6-17(7-5-16)26-14-18(23)21-13-15-3-2-8-20-19(15)22-9-11-25-12-10-22/h2-8H,9-14H2,1H3,(H,21,23). The van der Waals surface area contributed by atoms with Crippen molar-refractivity contribution in [2.45, 2.75) is 6.54 Å². The maximum Gasteiger partial charge on any atom is 0.258 e. The van der Waals surface area contributed by atoms with Crippen molar-refractivity contribution < 1.29 is 19.0 Å². The molecule has 2 aromatic rings. The van der Waals surface area contributed by atoms with Crippen LogP contribution in [-0.2, 0) is 16.1 Å². The van der Waals surface area contributed by atoms with Gasteiger partial charge in [-0.1, -0.05) is 6.07 Å². The van der Waals surface area contributed by atoms with Crippen LogP contribution in [0.3, 0.4) is 0 Å². The van der Waals surface area contributed by atoms with E-state index in [0.717, 1.165) is 30.2 Å². The Morgan fingerprint density at radius 3 is 2.65 bits per heavy atom. The number of benzene rings is 1. The van der Waals surface area contributed by atoms with Gasteiger partial charge in [0, 0.05) is 31.4 Å². The topological polar surface area (TPSA) is 72.9 Å². The third-order valence-electron chi connectivity index (χ3n) is 4.08. The molecular weight excluding hydrogens is 334 g/mol. The van der Waals surface area contributed by atoms with Gasteiger partial charge in [0.25, 0.3) is 5.91 Å². The molecule has 1 fully saturated rings. The monoisotopic (exact) mass is 357 g/mol. The van der Waals surface area contributed by atoms with Crippen LogP contribution in [0.1, 0.15) is 5.56 Å². The zero-order valence-electron chi connectivity index (χ0n) is 14.8. The first kappa shape index (κ1) is 18.0. The van der Waals surface area contributed by atoms with E-state index in [4.69, 9.17) is 14.2 Å². The van der Waals surface area contributed by atoms with Gasteiger partial charge in [-0.15, -0.1) is 0 Å². The van der Waals surface area contributed by atoms with E-state index in [2.05, 4.69) is 15.2 Å². The van der Waals surface area contributed by atoms with Gasteiger partial charge < -0.3 is 24.4 Å². The zero-order valence-corrected chi connectivity index (χ0v) is 14.8. The summed E-state index contributed by atoms with van der Waals surface area (Å²) in [6.07, 6.45) is 1.77. The van der Waals surface area contributed by atoms with Gasteiger partial charge in [-0.05, 0) is 30.3 Å². The molecule has 1 aromatic carbocycles. The van der Waals surface area contributed by atoms with Crippen molar-refractivity contribution in [1.82, 2.24) is 10.3 Å². The molecule has 0 spiro atoms. The number of amides is 1. The quantitative estimate of drug-likeness (QED) is 0.812. The average Bonchev–Trinajstić information content (AvgIpc) is 2.72. The lowest BCUT2D eigenvalue weighted by molar-refractivity contribution is -0.123. The summed E-state index contributed by atoms with van der Waals surface area (Å²) in [5, 5.41) is 2.88. The Balaban J connectivity index is 1.51. The maximum absolute atomic E-state index is 12.1. The van der Waals surface area contributed by atoms with Crippen LogP contribution in [0.4, 0.5) is 5.82 Å². The van der Waals surface area contributed by atoms with Crippen LogP contribution in [0.2, 0.25) is 0 Å². The number of carbonyl (C=O) groups excluding carboxylic acids is 1. The molecule has 1 aliphatic heterocycles. The predicted molar refractivity (Wildman–Crippen MR) is 97.6 cm³/mol. The highest BCUT2D eigenvalue weighted by atomic mass is 16.5. The fourth-order valence-corrected chi connectivity index (χ4v) is 2.69. The fourth-order valence-electron chi connectivity index (χ4n) is 2.69. The Kier molecular flexibility index (Phi) is 6.27. The van der Waals surface area contributed by atoms with E-state index in [1.54, 1.807) is 37.6 Å². The highest BCUT2D eigenvalue weighted by Gasteiger charge is 2.16. The van der Waals surface area contributed by atoms with Crippen LogP contribution in [0.5, 0.6) is 11.5 Å². The molecule has 3 rings (SSSR count). The van der Waals surface area contributed by atoms with Gasteiger partial charge in [-0.2, -0.15) is 0 Å². The fraction of sp³-hybridized carbons (Fsp3) is 0.368. The number of anilines is 1. The van der Waals surface area contributed by atoms with Crippen LogP contribution in [-0.4, -0.2) is 50.9 Å². The number of hydrogen-bond donors (Lipinski definition) is 1. The number of methoxy groups -OCH3 is 1. The Hall–Kier alpha value is -2.80. The first-order chi connectivity index (χ1) is 12.8. The minimum Gasteiger partial charge on any atom is -0.497 e. The molecule has 0 radical (unpaired) electrons. The minimum absolute atomic E-state index is 0.0422. The molecule has 0 bridgehead atoms. The SMILES string of the molecule is COc1ccc(OCC(=O)NCc2cccnc2N2CCOCC2)cc1. The Labute approximate surface area is 152 Å². The van der Waals surface area contributed by atoms with E-state index in [1.165, 1.54) is 0 Å². The number of nitrogens with one attached hydrogen (secondary N) is 1. The lowest BCUT2D eigenvalue weighted by Gasteiger charge is -2.29. The van der Waals surface area contributed by atoms with Crippen molar-refractivity contribution in [3.05, 3.63) is 48.2 Å². The van der Waals surface area contributed by atoms with E-state index in [1.807, 2.05) is 12.1 Å². The van der Waals surface area contributed by atoms with Crippen LogP contribution in [0.15, 0.2) is 42.6 Å². The van der Waals surface area contributed by atoms with Gasteiger partial charge in [-0.25, -0.2) is 4.98 Å². The number of carbonyl (C=O) groups is 1. The molecule has 0 saturated carbocycles. The normalized spacial score (nSPS) is 14.0. The molecular formula is C19H23N3O4. The third-order valence-corrected chi connectivity index (χ3v) is 4.08. The number of morpholine rings is 1. The highest BCUT2D eigenvalue weighted by molar-refractivity contribution is 5.77. The van der Waals surface area contributed by atoms with Gasteiger partial charge in [0.05, 0.1) is 20.3 Å². The Bertz CT molecular complexity index is 715. The van der Waals surface area contributed by atoms with Crippen LogP contribution >= 0.6 is 0 Å². The molecule has 1 aliphatic rings. The number of nitrogens with zero attached hydrogens (tertiary/aromatic N) is 2. The van der Waals surface area contributed by atoms with E-state index >= 15 is 0 Å². The molecule has 0 atom stereocenters. The highest BCUT2D eigenvalue weighted by Crippen LogP contribution is 2.19. The summed E-state index contributed by atoms with van der Waals surface area (Å²) >= 11 is 0. The number of rotatable bonds is 7. The molecule has 2 heterocycles. The van der Waals surface area contributed by atoms with E-state index in [9.17, 15) is 4.79 Å². The van der Waals surface area contributed by atoms with Crippen molar-refractivity contribution in [3.8, 4) is 11.5 Å². The number of aromatic nitrogens is 1. The Morgan fingerprint density at radius 1 is 1.19 bits per heavy atom. The second-order valence-corrected chi connectivity index (χ2v) is 5.83. The first-order valence-electron chi connectivity index (χ1n) is 8.56. The summed E-state index contributed by atoms with van der Waals surface area (Å²) < 4.78 is 16.0. The minimum atomic E-state index is -0.183. The second-order valence-electron chi connectivity index (χ2n) is 5.83. The van der Waals surface area contributed by atoms with E-state index in [-0.39, 0.29) is 12.5 Å². The van der Waals surface area contributed by atoms with E-state index in [0.29, 0.717) is 25.5 Å². The van der Waals surface area contributed by atoms with Crippen molar-refractivity contribution in [3.63, 3.8) is 0 Å². The molecule has 7 nitrogen and oxygen atoms in total. The summed E-state index contributed by atoms with van der Waals surface area (Å²) in [6, 6.07) is 11.0. The van der Waals surface area contributed by atoms with Gasteiger partial charge in [-0.3, -0.25) is 4.79 Å². The van der Waals surface area contributed by atoms with E-state index < -0.39 is 0 Å². The first-order valence-corrected chi connectivity index (χ1v) is 8.56. The van der Waals surface area contributed by atoms with Crippen molar-refractivity contribution in [2.75, 3.05) is 44.9 Å². The van der Waals surface area contributed by atoms with Gasteiger partial charge in [0.15, 0.2) is 6.61 Å². The third kappa shape index (κ3) is 4.86. The van der Waals surface area contributed by atoms with Crippen molar-refractivity contribution in [1.29, 1.82) is 0 Å². The molecule has 138 valence electrons. The molecule has 7 heteroatoms. The summed E-state index contributed by atoms with van der Waals surface area (Å²) in [6.45, 7) is 3.36. The molecule has 0 unspecified atom stereocenters. The maximum atomic E-state index is 12.1. The zero-order chi connectivity index (χ0) is 18.2. The smallest absolute Gasteiger partial charge is 0.258 e. The van der Waals surface area contributed by atoms with Gasteiger partial charge in [0.2, 0.25) is 0 Å². The number of pyridine rings is 1. The Morgan fingerprint density at radius 2 is 1.92 bits per heavy atom. The lowest BCUT2D eigenvalue weighted by Crippen LogP contribution is -2.38. The number of ether oxygens (including phenoxy) is 3. The summed E-state index contributed by atoms with van der Waals surface area (Å²) in [5.41, 5.74) is 0.979. The summed E-state index contributed by atoms with van der Waals surface area (Å²) in [4.78, 5) is 18.7. The second kappa shape index (κ2) is 9.05. The molecule has 1 N–H and O–H groups in total. The van der Waals surface area contributed by atoms with Crippen molar-refractivity contribution in [2.24, 2.45) is 0 Å². The largest absolute Gasteiger partial charge is 0.497 e. The summed E-state index contributed by atoms with van der Waals surface area (Å²) in [7, 11) is 1.60. The van der Waals surface area contributed by atoms with Crippen molar-refractivity contribution >= 4 is 11.7 Å². The average molecular weight is 357 g/mol. The molecule has 1 saturated heterocycles. The van der Waals surface area contributed by atoms with Crippen LogP contribution < -0.4 is 19.7 Å². The van der Waals surface area contributed by atoms with Crippen LogP contribution in [0, 0.1) is 0 Å². The molecule has 26 heavy (non-hydrogen) atoms.